The number of nitrogens with zero attached hydrogens (tertiary/aromatic N) is 2. The van der Waals surface area contributed by atoms with Crippen molar-refractivity contribution in [1.82, 2.24) is 9.38 Å². The normalized spacial score (nSPS) is 10.9. The Hall–Kier alpha value is -1.53. The summed E-state index contributed by atoms with van der Waals surface area (Å²) < 4.78 is 8.87. The molecule has 2 N–H and O–H groups in total. The molecule has 0 saturated carbocycles. The van der Waals surface area contributed by atoms with E-state index in [0.29, 0.717) is 5.82 Å². The first-order valence-electron chi connectivity index (χ1n) is 5.88. The highest BCUT2D eigenvalue weighted by molar-refractivity contribution is 9.11. The van der Waals surface area contributed by atoms with Crippen molar-refractivity contribution in [1.29, 1.82) is 0 Å². The van der Waals surface area contributed by atoms with Crippen LogP contribution in [-0.2, 0) is 0 Å². The Kier molecular flexibility index (Phi) is 3.43. The second-order valence-electron chi connectivity index (χ2n) is 4.24. The summed E-state index contributed by atoms with van der Waals surface area (Å²) in [5, 5.41) is 0. The van der Waals surface area contributed by atoms with Crippen molar-refractivity contribution in [2.75, 3.05) is 12.8 Å². The van der Waals surface area contributed by atoms with Crippen LogP contribution in [0.1, 0.15) is 0 Å². The Morgan fingerprint density at radius 1 is 1.20 bits per heavy atom. The van der Waals surface area contributed by atoms with E-state index in [1.54, 1.807) is 7.11 Å². The van der Waals surface area contributed by atoms with E-state index >= 15 is 0 Å². The molecule has 0 bridgehead atoms. The highest BCUT2D eigenvalue weighted by Gasteiger charge is 2.14. The van der Waals surface area contributed by atoms with E-state index < -0.39 is 0 Å². The number of imidazole rings is 1. The van der Waals surface area contributed by atoms with Gasteiger partial charge in [-0.15, -0.1) is 0 Å². The number of nitrogens with two attached hydrogens (primary N) is 1. The zero-order valence-electron chi connectivity index (χ0n) is 10.6. The van der Waals surface area contributed by atoms with Gasteiger partial charge >= 0.3 is 0 Å². The van der Waals surface area contributed by atoms with Gasteiger partial charge in [0.05, 0.1) is 16.1 Å². The molecule has 20 heavy (non-hydrogen) atoms. The van der Waals surface area contributed by atoms with Gasteiger partial charge in [0.15, 0.2) is 5.65 Å². The van der Waals surface area contributed by atoms with Crippen LogP contribution in [0.4, 0.5) is 5.82 Å². The summed E-state index contributed by atoms with van der Waals surface area (Å²) in [5.41, 5.74) is 8.68. The monoisotopic (exact) mass is 395 g/mol. The van der Waals surface area contributed by atoms with Crippen molar-refractivity contribution in [3.8, 4) is 17.0 Å². The largest absolute Gasteiger partial charge is 0.496 e. The molecule has 0 radical (unpaired) electrons. The summed E-state index contributed by atoms with van der Waals surface area (Å²) in [6.45, 7) is 0. The molecule has 0 atom stereocenters. The molecule has 102 valence electrons. The molecule has 4 nitrogen and oxygen atoms in total. The van der Waals surface area contributed by atoms with Crippen LogP contribution in [0.15, 0.2) is 45.5 Å². The second kappa shape index (κ2) is 5.10. The third-order valence-electron chi connectivity index (χ3n) is 3.06. The summed E-state index contributed by atoms with van der Waals surface area (Å²) in [5.74, 6) is 1.38. The minimum Gasteiger partial charge on any atom is -0.496 e. The minimum atomic E-state index is 0.610. The number of fused-ring (bicyclic) bond motifs is 1. The van der Waals surface area contributed by atoms with Gasteiger partial charge in [0.1, 0.15) is 17.3 Å². The summed E-state index contributed by atoms with van der Waals surface area (Å²) in [4.78, 5) is 4.61. The standard InChI is InChI=1S/C14H11Br2N3O/c1-20-11-5-4-8(7-10(11)16)12-13(17)19-6-2-3-9(15)14(19)18-12/h2-7H,17H2,1H3. The van der Waals surface area contributed by atoms with Gasteiger partial charge in [-0.25, -0.2) is 4.98 Å². The Morgan fingerprint density at radius 2 is 2.00 bits per heavy atom. The first-order chi connectivity index (χ1) is 9.61. The van der Waals surface area contributed by atoms with Crippen LogP contribution in [0.5, 0.6) is 5.75 Å². The van der Waals surface area contributed by atoms with E-state index in [-0.39, 0.29) is 0 Å². The molecule has 0 spiro atoms. The number of benzene rings is 1. The van der Waals surface area contributed by atoms with Gasteiger partial charge in [-0.2, -0.15) is 0 Å². The van der Waals surface area contributed by atoms with Crippen molar-refractivity contribution in [3.05, 3.63) is 45.5 Å². The number of halogens is 2. The summed E-state index contributed by atoms with van der Waals surface area (Å²) in [6.07, 6.45) is 1.89. The molecule has 0 aliphatic carbocycles. The zero-order valence-corrected chi connectivity index (χ0v) is 13.8. The highest BCUT2D eigenvalue weighted by Crippen LogP contribution is 2.34. The Bertz CT molecular complexity index is 798. The van der Waals surface area contributed by atoms with Crippen LogP contribution in [0.3, 0.4) is 0 Å². The number of anilines is 1. The van der Waals surface area contributed by atoms with Crippen LogP contribution in [-0.4, -0.2) is 16.5 Å². The zero-order chi connectivity index (χ0) is 14.3. The molecule has 1 aromatic carbocycles. The highest BCUT2D eigenvalue weighted by atomic mass is 79.9. The van der Waals surface area contributed by atoms with Crippen molar-refractivity contribution in [2.45, 2.75) is 0 Å². The molecular weight excluding hydrogens is 386 g/mol. The molecule has 3 rings (SSSR count). The lowest BCUT2D eigenvalue weighted by Gasteiger charge is -2.05. The fraction of sp³-hybridized carbons (Fsp3) is 0.0714. The average molecular weight is 397 g/mol. The number of hydrogen-bond donors (Lipinski definition) is 1. The number of rotatable bonds is 2. The molecule has 3 aromatic rings. The quantitative estimate of drug-likeness (QED) is 0.708. The van der Waals surface area contributed by atoms with Gasteiger partial charge in [0, 0.05) is 11.8 Å². The van der Waals surface area contributed by atoms with Gasteiger partial charge in [-0.05, 0) is 62.2 Å². The first kappa shape index (κ1) is 13.5. The first-order valence-corrected chi connectivity index (χ1v) is 7.46. The molecule has 0 amide bonds. The number of pyridine rings is 1. The maximum Gasteiger partial charge on any atom is 0.153 e. The fourth-order valence-corrected chi connectivity index (χ4v) is 3.05. The van der Waals surface area contributed by atoms with Crippen LogP contribution in [0.2, 0.25) is 0 Å². The van der Waals surface area contributed by atoms with Crippen molar-refractivity contribution >= 4 is 43.3 Å². The van der Waals surface area contributed by atoms with E-state index in [0.717, 1.165) is 31.6 Å². The summed E-state index contributed by atoms with van der Waals surface area (Å²) in [7, 11) is 1.64. The van der Waals surface area contributed by atoms with Crippen LogP contribution >= 0.6 is 31.9 Å². The molecule has 6 heteroatoms. The topological polar surface area (TPSA) is 52.5 Å². The van der Waals surface area contributed by atoms with E-state index in [1.165, 1.54) is 0 Å². The lowest BCUT2D eigenvalue weighted by atomic mass is 10.1. The lowest BCUT2D eigenvalue weighted by molar-refractivity contribution is 0.412. The fourth-order valence-electron chi connectivity index (χ4n) is 2.08. The Morgan fingerprint density at radius 3 is 2.65 bits per heavy atom. The minimum absolute atomic E-state index is 0.610. The van der Waals surface area contributed by atoms with E-state index in [4.69, 9.17) is 10.5 Å². The summed E-state index contributed by atoms with van der Waals surface area (Å²) in [6, 6.07) is 9.64. The van der Waals surface area contributed by atoms with Crippen LogP contribution in [0.25, 0.3) is 16.9 Å². The maximum absolute atomic E-state index is 6.19. The van der Waals surface area contributed by atoms with Gasteiger partial charge < -0.3 is 10.5 Å². The third kappa shape index (κ3) is 2.09. The van der Waals surface area contributed by atoms with E-state index in [1.807, 2.05) is 40.9 Å². The number of aromatic nitrogens is 2. The van der Waals surface area contributed by atoms with E-state index in [2.05, 4.69) is 36.8 Å². The van der Waals surface area contributed by atoms with Crippen molar-refractivity contribution in [3.63, 3.8) is 0 Å². The molecule has 0 aliphatic heterocycles. The molecule has 2 heterocycles. The molecule has 0 aliphatic rings. The maximum atomic E-state index is 6.19. The average Bonchev–Trinajstić information content (AvgIpc) is 2.78. The predicted molar refractivity (Wildman–Crippen MR) is 87.0 cm³/mol. The Labute approximate surface area is 132 Å². The lowest BCUT2D eigenvalue weighted by Crippen LogP contribution is -1.94. The van der Waals surface area contributed by atoms with Gasteiger partial charge in [0.25, 0.3) is 0 Å². The van der Waals surface area contributed by atoms with E-state index in [9.17, 15) is 0 Å². The number of hydrogen-bond acceptors (Lipinski definition) is 3. The third-order valence-corrected chi connectivity index (χ3v) is 4.30. The van der Waals surface area contributed by atoms with Gasteiger partial charge in [-0.1, -0.05) is 0 Å². The Balaban J connectivity index is 2.22. The molecule has 0 fully saturated rings. The smallest absolute Gasteiger partial charge is 0.153 e. The predicted octanol–water partition coefficient (Wildman–Crippen LogP) is 4.12. The molecule has 0 saturated heterocycles. The van der Waals surface area contributed by atoms with Gasteiger partial charge in [0.2, 0.25) is 0 Å². The van der Waals surface area contributed by atoms with Crippen LogP contribution in [0, 0.1) is 0 Å². The van der Waals surface area contributed by atoms with Crippen molar-refractivity contribution in [2.24, 2.45) is 0 Å². The number of nitrogen functional groups attached to an aromatic ring is 1. The molecular formula is C14H11Br2N3O. The molecule has 0 unspecified atom stereocenters. The second-order valence-corrected chi connectivity index (χ2v) is 5.95. The molecule has 2 aromatic heterocycles. The SMILES string of the molecule is COc1ccc(-c2nc3c(Br)cccn3c2N)cc1Br. The van der Waals surface area contributed by atoms with Gasteiger partial charge in [-0.3, -0.25) is 4.40 Å². The summed E-state index contributed by atoms with van der Waals surface area (Å²) >= 11 is 6.96. The number of ether oxygens (including phenoxy) is 1. The number of methoxy groups -OCH3 is 1. The van der Waals surface area contributed by atoms with Crippen molar-refractivity contribution < 1.29 is 4.74 Å². The van der Waals surface area contributed by atoms with Crippen LogP contribution < -0.4 is 10.5 Å².